The Morgan fingerprint density at radius 2 is 0.688 bits per heavy atom. The number of unbranched alkanes of at least 4 members (excludes halogenated alkanes) is 6. The zero-order chi connectivity index (χ0) is 24.1. The van der Waals surface area contributed by atoms with Crippen LogP contribution in [-0.4, -0.2) is 80.8 Å². The predicted molar refractivity (Wildman–Crippen MR) is 146 cm³/mol. The maximum atomic E-state index is 5.46. The molecule has 0 aliphatic heterocycles. The zero-order valence-corrected chi connectivity index (χ0v) is 27.8. The van der Waals surface area contributed by atoms with Crippen LogP contribution in [0.1, 0.15) is 77.0 Å². The fourth-order valence-corrected chi connectivity index (χ4v) is 9.41. The summed E-state index contributed by atoms with van der Waals surface area (Å²) in [6.07, 6.45) is 15.9. The van der Waals surface area contributed by atoms with Crippen LogP contribution in [0.15, 0.2) is 0 Å². The zero-order valence-electron chi connectivity index (χ0n) is 22.3. The molecule has 6 nitrogen and oxygen atoms in total. The van der Waals surface area contributed by atoms with Gasteiger partial charge >= 0.3 is 27.9 Å². The fraction of sp³-hybridized carbons (Fsp3) is 1.00. The van der Waals surface area contributed by atoms with Crippen LogP contribution in [-0.2, 0) is 26.6 Å². The third-order valence-corrected chi connectivity index (χ3v) is 14.0. The second-order valence-electron chi connectivity index (χ2n) is 9.31. The summed E-state index contributed by atoms with van der Waals surface area (Å²) in [5.41, 5.74) is 0. The van der Waals surface area contributed by atoms with Crippen molar-refractivity contribution in [2.75, 3.05) is 42.7 Å². The Morgan fingerprint density at radius 1 is 0.438 bits per heavy atom. The molecule has 0 bridgehead atoms. The van der Waals surface area contributed by atoms with Crippen molar-refractivity contribution in [1.82, 2.24) is 0 Å². The first-order valence-electron chi connectivity index (χ1n) is 12.6. The van der Waals surface area contributed by atoms with E-state index in [-0.39, 0.29) is 0 Å². The van der Waals surface area contributed by atoms with Crippen molar-refractivity contribution < 1.29 is 26.6 Å². The Hall–Kier alpha value is 0.628. The first kappa shape index (κ1) is 32.6. The van der Waals surface area contributed by atoms with E-state index in [0.717, 1.165) is 18.1 Å². The highest BCUT2D eigenvalue weighted by Gasteiger charge is 2.23. The molecular weight excluding hydrogens is 473 g/mol. The van der Waals surface area contributed by atoms with E-state index in [9.17, 15) is 0 Å². The second kappa shape index (κ2) is 22.1. The number of rotatable bonds is 24. The Bertz CT molecular complexity index is 342. The molecule has 0 aliphatic carbocycles. The van der Waals surface area contributed by atoms with Gasteiger partial charge in [-0.25, -0.2) is 0 Å². The van der Waals surface area contributed by atoms with Crippen LogP contribution in [0.4, 0.5) is 0 Å². The summed E-state index contributed by atoms with van der Waals surface area (Å²) < 4.78 is 32.8. The minimum absolute atomic E-state index is 0.595. The summed E-state index contributed by atoms with van der Waals surface area (Å²) in [5.74, 6) is 0. The lowest BCUT2D eigenvalue weighted by Crippen LogP contribution is -2.19. The minimum Gasteiger partial charge on any atom is -0.400 e. The summed E-state index contributed by atoms with van der Waals surface area (Å²) in [5, 5.41) is 0.595. The number of hydrogen-bond acceptors (Lipinski definition) is 6. The lowest BCUT2D eigenvalue weighted by molar-refractivity contribution is 0.275. The summed E-state index contributed by atoms with van der Waals surface area (Å²) in [6, 6.07) is 3.40. The summed E-state index contributed by atoms with van der Waals surface area (Å²) in [4.78, 5) is 0. The van der Waals surface area contributed by atoms with Gasteiger partial charge in [0.2, 0.25) is 0 Å². The van der Waals surface area contributed by atoms with Gasteiger partial charge in [0.15, 0.2) is 0 Å². The molecule has 0 rings (SSSR count). The van der Waals surface area contributed by atoms with Gasteiger partial charge in [-0.15, -0.1) is 0 Å². The van der Waals surface area contributed by atoms with Gasteiger partial charge in [0.25, 0.3) is 0 Å². The number of hydrogen-bond donors (Lipinski definition) is 0. The van der Waals surface area contributed by atoms with Gasteiger partial charge in [-0.1, -0.05) is 77.0 Å². The monoisotopic (exact) mass is 526 g/mol. The van der Waals surface area contributed by atoms with Crippen molar-refractivity contribution in [2.24, 2.45) is 0 Å². The largest absolute Gasteiger partial charge is 0.400 e. The van der Waals surface area contributed by atoms with Crippen molar-refractivity contribution in [3.8, 4) is 0 Å². The molecule has 0 aromatic heterocycles. The van der Waals surface area contributed by atoms with E-state index in [0.29, 0.717) is 5.04 Å². The normalized spacial score (nSPS) is 12.7. The van der Waals surface area contributed by atoms with Crippen LogP contribution in [0, 0.1) is 0 Å². The van der Waals surface area contributed by atoms with Gasteiger partial charge in [0.1, 0.15) is 0 Å². The van der Waals surface area contributed by atoms with Crippen LogP contribution in [0.25, 0.3) is 0 Å². The summed E-state index contributed by atoms with van der Waals surface area (Å²) in [7, 11) is 7.88. The molecule has 0 fully saturated rings. The summed E-state index contributed by atoms with van der Waals surface area (Å²) in [6.45, 7) is 0. The SMILES string of the molecule is CO[SiH](CCCCCC([SiH3])(CCCCC[SiH](OC)OC)CCCCC[SiH](OC)OC)OC. The highest BCUT2D eigenvalue weighted by atomic mass is 28.3. The Kier molecular flexibility index (Phi) is 22.5. The fourth-order valence-electron chi connectivity index (χ4n) is 4.49. The average Bonchev–Trinajstić information content (AvgIpc) is 2.81. The van der Waals surface area contributed by atoms with Gasteiger partial charge in [-0.3, -0.25) is 0 Å². The third-order valence-electron chi connectivity index (χ3n) is 6.74. The van der Waals surface area contributed by atoms with Crippen LogP contribution in [0.2, 0.25) is 23.2 Å². The molecule has 0 atom stereocenters. The molecule has 32 heavy (non-hydrogen) atoms. The topological polar surface area (TPSA) is 55.4 Å². The molecule has 0 amide bonds. The van der Waals surface area contributed by atoms with Crippen molar-refractivity contribution in [2.45, 2.75) is 100 Å². The highest BCUT2D eigenvalue weighted by molar-refractivity contribution is 6.44. The molecular formula is C22H54O6Si4. The quantitative estimate of drug-likeness (QED) is 0.141. The smallest absolute Gasteiger partial charge is 0.320 e. The molecule has 0 aromatic carbocycles. The minimum atomic E-state index is -1.38. The third kappa shape index (κ3) is 17.1. The van der Waals surface area contributed by atoms with E-state index in [2.05, 4.69) is 0 Å². The second-order valence-corrected chi connectivity index (χ2v) is 18.6. The van der Waals surface area contributed by atoms with Crippen LogP contribution < -0.4 is 0 Å². The van der Waals surface area contributed by atoms with E-state index in [1.807, 2.05) is 0 Å². The first-order chi connectivity index (χ1) is 15.5. The van der Waals surface area contributed by atoms with E-state index in [1.165, 1.54) is 87.3 Å². The molecule has 0 saturated heterocycles. The van der Waals surface area contributed by atoms with Crippen molar-refractivity contribution in [1.29, 1.82) is 0 Å². The van der Waals surface area contributed by atoms with E-state index < -0.39 is 27.9 Å². The Morgan fingerprint density at radius 3 is 0.906 bits per heavy atom. The predicted octanol–water partition coefficient (Wildman–Crippen LogP) is 3.73. The molecule has 0 radical (unpaired) electrons. The average molecular weight is 527 g/mol. The van der Waals surface area contributed by atoms with Crippen LogP contribution in [0.3, 0.4) is 0 Å². The van der Waals surface area contributed by atoms with Gasteiger partial charge in [0, 0.05) is 52.9 Å². The molecule has 194 valence electrons. The molecule has 0 N–H and O–H groups in total. The van der Waals surface area contributed by atoms with Crippen molar-refractivity contribution in [3.63, 3.8) is 0 Å². The van der Waals surface area contributed by atoms with E-state index >= 15 is 0 Å². The Balaban J connectivity index is 4.36. The lowest BCUT2D eigenvalue weighted by Gasteiger charge is -2.30. The lowest BCUT2D eigenvalue weighted by atomic mass is 9.88. The maximum absolute atomic E-state index is 5.46. The molecule has 0 saturated carbocycles. The van der Waals surface area contributed by atoms with Crippen LogP contribution >= 0.6 is 0 Å². The molecule has 0 unspecified atom stereocenters. The molecule has 0 spiro atoms. The standard InChI is InChI=1S/C22H54O6Si4/c1-23-30(24-2)19-13-7-10-16-22(29,17-11-8-14-20-31(25-3)26-4)18-12-9-15-21-32(27-5)28-6/h30-32H,7-21H2,1-6,29H3. The van der Waals surface area contributed by atoms with Gasteiger partial charge < -0.3 is 26.6 Å². The molecule has 0 aromatic rings. The Labute approximate surface area is 207 Å². The van der Waals surface area contributed by atoms with E-state index in [1.54, 1.807) is 42.7 Å². The summed E-state index contributed by atoms with van der Waals surface area (Å²) >= 11 is 0. The molecule has 0 aliphatic rings. The van der Waals surface area contributed by atoms with E-state index in [4.69, 9.17) is 26.6 Å². The maximum Gasteiger partial charge on any atom is 0.320 e. The first-order valence-corrected chi connectivity index (χ1v) is 18.9. The van der Waals surface area contributed by atoms with Crippen molar-refractivity contribution >= 4 is 38.1 Å². The van der Waals surface area contributed by atoms with Crippen LogP contribution in [0.5, 0.6) is 0 Å². The highest BCUT2D eigenvalue weighted by Crippen LogP contribution is 2.41. The van der Waals surface area contributed by atoms with Gasteiger partial charge in [-0.2, -0.15) is 0 Å². The molecule has 0 heterocycles. The van der Waals surface area contributed by atoms with Gasteiger partial charge in [-0.05, 0) is 23.2 Å². The molecule has 10 heteroatoms. The van der Waals surface area contributed by atoms with Crippen molar-refractivity contribution in [3.05, 3.63) is 0 Å². The van der Waals surface area contributed by atoms with Gasteiger partial charge in [0.05, 0.1) is 0 Å².